The van der Waals surface area contributed by atoms with Gasteiger partial charge in [0.15, 0.2) is 0 Å². The molecule has 1 aliphatic heterocycles. The lowest BCUT2D eigenvalue weighted by Gasteiger charge is -2.11. The molecule has 0 aliphatic carbocycles. The highest BCUT2D eigenvalue weighted by molar-refractivity contribution is 4.75. The molecule has 1 saturated heterocycles. The second kappa shape index (κ2) is 13.6. The van der Waals surface area contributed by atoms with Crippen LogP contribution in [-0.2, 0) is 4.74 Å². The van der Waals surface area contributed by atoms with Gasteiger partial charge in [-0.1, -0.05) is 84.5 Å². The third kappa shape index (κ3) is 10.3. The van der Waals surface area contributed by atoms with Crippen LogP contribution < -0.4 is 5.32 Å². The fourth-order valence-corrected chi connectivity index (χ4v) is 3.21. The highest BCUT2D eigenvalue weighted by Crippen LogP contribution is 2.16. The molecule has 0 saturated carbocycles. The lowest BCUT2D eigenvalue weighted by atomic mass is 10.0. The summed E-state index contributed by atoms with van der Waals surface area (Å²) < 4.78 is 5.83. The van der Waals surface area contributed by atoms with Crippen LogP contribution in [0.15, 0.2) is 0 Å². The summed E-state index contributed by atoms with van der Waals surface area (Å²) in [7, 11) is 0. The van der Waals surface area contributed by atoms with Gasteiger partial charge in [-0.2, -0.15) is 0 Å². The minimum Gasteiger partial charge on any atom is -0.362 e. The molecule has 1 fully saturated rings. The Hall–Kier alpha value is -0.0800. The molecule has 1 rings (SSSR count). The van der Waals surface area contributed by atoms with E-state index in [-0.39, 0.29) is 0 Å². The van der Waals surface area contributed by atoms with E-state index in [4.69, 9.17) is 4.74 Å². The predicted molar refractivity (Wildman–Crippen MR) is 92.6 cm³/mol. The number of unbranched alkanes of at least 4 members (excludes halogenated alkanes) is 10. The molecule has 0 amide bonds. The fraction of sp³-hybridized carbons (Fsp3) is 1.00. The SMILES string of the molecule is CCCCCCCCCCCC1COC(CCCCC)N1. The molecule has 2 atom stereocenters. The van der Waals surface area contributed by atoms with Crippen molar-refractivity contribution >= 4 is 0 Å². The van der Waals surface area contributed by atoms with Gasteiger partial charge in [0.2, 0.25) is 0 Å². The summed E-state index contributed by atoms with van der Waals surface area (Å²) >= 11 is 0. The molecule has 1 heterocycles. The van der Waals surface area contributed by atoms with Crippen molar-refractivity contribution in [1.29, 1.82) is 0 Å². The van der Waals surface area contributed by atoms with E-state index in [9.17, 15) is 0 Å². The number of hydrogen-bond donors (Lipinski definition) is 1. The summed E-state index contributed by atoms with van der Waals surface area (Å²) in [4.78, 5) is 0. The average molecular weight is 298 g/mol. The minimum atomic E-state index is 0.347. The van der Waals surface area contributed by atoms with Gasteiger partial charge in [-0.15, -0.1) is 0 Å². The number of hydrogen-bond acceptors (Lipinski definition) is 2. The highest BCUT2D eigenvalue weighted by Gasteiger charge is 2.22. The van der Waals surface area contributed by atoms with Gasteiger partial charge in [0.25, 0.3) is 0 Å². The van der Waals surface area contributed by atoms with Gasteiger partial charge in [0.05, 0.1) is 6.61 Å². The third-order valence-corrected chi connectivity index (χ3v) is 4.65. The van der Waals surface area contributed by atoms with Crippen LogP contribution in [0.4, 0.5) is 0 Å². The van der Waals surface area contributed by atoms with E-state index in [2.05, 4.69) is 19.2 Å². The van der Waals surface area contributed by atoms with Crippen LogP contribution >= 0.6 is 0 Å². The van der Waals surface area contributed by atoms with Gasteiger partial charge in [-0.25, -0.2) is 0 Å². The Morgan fingerprint density at radius 2 is 1.24 bits per heavy atom. The van der Waals surface area contributed by atoms with Crippen LogP contribution in [0, 0.1) is 0 Å². The zero-order valence-corrected chi connectivity index (χ0v) is 14.7. The van der Waals surface area contributed by atoms with Crippen LogP contribution in [0.3, 0.4) is 0 Å². The van der Waals surface area contributed by atoms with E-state index < -0.39 is 0 Å². The van der Waals surface area contributed by atoms with E-state index in [1.807, 2.05) is 0 Å². The van der Waals surface area contributed by atoms with Crippen molar-refractivity contribution in [3.05, 3.63) is 0 Å². The summed E-state index contributed by atoms with van der Waals surface area (Å²) in [5, 5.41) is 3.65. The van der Waals surface area contributed by atoms with Crippen molar-refractivity contribution in [3.63, 3.8) is 0 Å². The molecule has 2 unspecified atom stereocenters. The van der Waals surface area contributed by atoms with Gasteiger partial charge in [-0.3, -0.25) is 5.32 Å². The molecule has 126 valence electrons. The quantitative estimate of drug-likeness (QED) is 0.409. The van der Waals surface area contributed by atoms with Crippen LogP contribution in [0.1, 0.15) is 104 Å². The second-order valence-corrected chi connectivity index (χ2v) is 6.80. The first kappa shape index (κ1) is 19.0. The monoisotopic (exact) mass is 297 g/mol. The van der Waals surface area contributed by atoms with Crippen molar-refractivity contribution in [2.75, 3.05) is 6.61 Å². The molecule has 0 aromatic rings. The van der Waals surface area contributed by atoms with E-state index in [1.54, 1.807) is 0 Å². The van der Waals surface area contributed by atoms with Crippen LogP contribution in [-0.4, -0.2) is 18.9 Å². The Bertz CT molecular complexity index is 220. The molecule has 0 aromatic heterocycles. The molecule has 0 spiro atoms. The van der Waals surface area contributed by atoms with E-state index in [1.165, 1.54) is 89.9 Å². The summed E-state index contributed by atoms with van der Waals surface area (Å²) in [6.07, 6.45) is 19.6. The molecule has 1 N–H and O–H groups in total. The molecule has 0 aromatic carbocycles. The molecule has 2 heteroatoms. The normalized spacial score (nSPS) is 22.0. The summed E-state index contributed by atoms with van der Waals surface area (Å²) in [6, 6.07) is 0.626. The van der Waals surface area contributed by atoms with Crippen LogP contribution in [0.5, 0.6) is 0 Å². The summed E-state index contributed by atoms with van der Waals surface area (Å²) in [5.41, 5.74) is 0. The standard InChI is InChI=1S/C19H39NO/c1-3-5-7-8-9-10-11-12-14-15-18-17-21-19(20-18)16-13-6-4-2/h18-20H,3-17H2,1-2H3. The van der Waals surface area contributed by atoms with Crippen LogP contribution in [0.2, 0.25) is 0 Å². The van der Waals surface area contributed by atoms with Gasteiger partial charge in [-0.05, 0) is 19.3 Å². The largest absolute Gasteiger partial charge is 0.362 e. The first-order chi connectivity index (χ1) is 10.4. The van der Waals surface area contributed by atoms with E-state index in [0.29, 0.717) is 12.3 Å². The van der Waals surface area contributed by atoms with Crippen LogP contribution in [0.25, 0.3) is 0 Å². The van der Waals surface area contributed by atoms with Gasteiger partial charge >= 0.3 is 0 Å². The van der Waals surface area contributed by atoms with Crippen molar-refractivity contribution in [2.24, 2.45) is 0 Å². The first-order valence-corrected chi connectivity index (χ1v) is 9.74. The van der Waals surface area contributed by atoms with Crippen molar-refractivity contribution in [1.82, 2.24) is 5.32 Å². The van der Waals surface area contributed by atoms with Gasteiger partial charge in [0.1, 0.15) is 6.23 Å². The summed E-state index contributed by atoms with van der Waals surface area (Å²) in [5.74, 6) is 0. The lowest BCUT2D eigenvalue weighted by Crippen LogP contribution is -2.30. The maximum Gasteiger partial charge on any atom is 0.108 e. The second-order valence-electron chi connectivity index (χ2n) is 6.80. The molecular formula is C19H39NO. The van der Waals surface area contributed by atoms with Crippen molar-refractivity contribution < 1.29 is 4.74 Å². The number of rotatable bonds is 14. The zero-order chi connectivity index (χ0) is 15.2. The number of nitrogens with one attached hydrogen (secondary N) is 1. The maximum absolute atomic E-state index is 5.83. The number of ether oxygens (including phenoxy) is 1. The minimum absolute atomic E-state index is 0.347. The Morgan fingerprint density at radius 3 is 1.90 bits per heavy atom. The zero-order valence-electron chi connectivity index (χ0n) is 14.7. The van der Waals surface area contributed by atoms with Gasteiger partial charge in [0, 0.05) is 6.04 Å². The third-order valence-electron chi connectivity index (χ3n) is 4.65. The van der Waals surface area contributed by atoms with Crippen molar-refractivity contribution in [3.8, 4) is 0 Å². The molecule has 0 radical (unpaired) electrons. The predicted octanol–water partition coefficient (Wildman–Crippen LogP) is 5.80. The Morgan fingerprint density at radius 1 is 0.714 bits per heavy atom. The maximum atomic E-state index is 5.83. The molecule has 21 heavy (non-hydrogen) atoms. The molecule has 1 aliphatic rings. The van der Waals surface area contributed by atoms with Gasteiger partial charge < -0.3 is 4.74 Å². The van der Waals surface area contributed by atoms with Crippen molar-refractivity contribution in [2.45, 2.75) is 116 Å². The molecular weight excluding hydrogens is 258 g/mol. The molecule has 2 nitrogen and oxygen atoms in total. The first-order valence-electron chi connectivity index (χ1n) is 9.74. The highest BCUT2D eigenvalue weighted by atomic mass is 16.5. The smallest absolute Gasteiger partial charge is 0.108 e. The topological polar surface area (TPSA) is 21.3 Å². The van der Waals surface area contributed by atoms with E-state index >= 15 is 0 Å². The Balaban J connectivity index is 1.83. The average Bonchev–Trinajstić information content (AvgIpc) is 2.94. The Labute approximate surface area is 133 Å². The summed E-state index contributed by atoms with van der Waals surface area (Å²) in [6.45, 7) is 5.48. The fourth-order valence-electron chi connectivity index (χ4n) is 3.21. The van der Waals surface area contributed by atoms with E-state index in [0.717, 1.165) is 6.61 Å². The Kier molecular flexibility index (Phi) is 12.3. The lowest BCUT2D eigenvalue weighted by molar-refractivity contribution is 0.0909. The molecule has 0 bridgehead atoms.